The number of nitrogen functional groups attached to an aromatic ring is 1. The van der Waals surface area contributed by atoms with E-state index in [1.54, 1.807) is 6.07 Å². The van der Waals surface area contributed by atoms with Gasteiger partial charge in [0, 0.05) is 55.0 Å². The average Bonchev–Trinajstić information content (AvgIpc) is 3.81. The van der Waals surface area contributed by atoms with E-state index < -0.39 is 29.6 Å². The van der Waals surface area contributed by atoms with Crippen LogP contribution in [0.5, 0.6) is 6.01 Å². The smallest absolute Gasteiger partial charge is 0.319 e. The molecule has 3 saturated heterocycles. The molecular formula is C34H35ClF3N7O2S. The van der Waals surface area contributed by atoms with Crippen LogP contribution in [-0.4, -0.2) is 88.2 Å². The van der Waals surface area contributed by atoms with Crippen molar-refractivity contribution >= 4 is 54.7 Å². The van der Waals surface area contributed by atoms with E-state index in [4.69, 9.17) is 27.1 Å². The minimum Gasteiger partial charge on any atom is -0.461 e. The van der Waals surface area contributed by atoms with Crippen molar-refractivity contribution in [2.24, 2.45) is 0 Å². The summed E-state index contributed by atoms with van der Waals surface area (Å²) in [5.74, 6) is -1.02. The van der Waals surface area contributed by atoms with E-state index in [1.165, 1.54) is 18.2 Å². The zero-order valence-corrected chi connectivity index (χ0v) is 28.1. The molecule has 3 aliphatic heterocycles. The first-order valence-electron chi connectivity index (χ1n) is 15.9. The summed E-state index contributed by atoms with van der Waals surface area (Å²) in [5, 5.41) is 21.0. The van der Waals surface area contributed by atoms with Crippen molar-refractivity contribution in [2.75, 3.05) is 43.9 Å². The Kier molecular flexibility index (Phi) is 8.44. The summed E-state index contributed by atoms with van der Waals surface area (Å²) in [5.41, 5.74) is 5.68. The summed E-state index contributed by atoms with van der Waals surface area (Å²) in [6.45, 7) is 7.58. The molecule has 0 amide bonds. The molecule has 2 aromatic heterocycles. The minimum atomic E-state index is -0.954. The number of hydrogen-bond acceptors (Lipinski definition) is 10. The van der Waals surface area contributed by atoms with Gasteiger partial charge in [-0.15, -0.1) is 11.3 Å². The maximum atomic E-state index is 17.0. The van der Waals surface area contributed by atoms with Gasteiger partial charge in [0.1, 0.15) is 47.2 Å². The Hall–Kier alpha value is -3.67. The third-order valence-electron chi connectivity index (χ3n) is 10.4. The van der Waals surface area contributed by atoms with Crippen LogP contribution in [-0.2, 0) is 0 Å². The van der Waals surface area contributed by atoms with E-state index in [2.05, 4.69) is 16.5 Å². The Morgan fingerprint density at radius 2 is 2.15 bits per heavy atom. The highest BCUT2D eigenvalue weighted by atomic mass is 35.5. The van der Waals surface area contributed by atoms with Gasteiger partial charge in [-0.2, -0.15) is 15.2 Å². The summed E-state index contributed by atoms with van der Waals surface area (Å²) >= 11 is 7.76. The van der Waals surface area contributed by atoms with Gasteiger partial charge in [-0.1, -0.05) is 24.2 Å². The van der Waals surface area contributed by atoms with Gasteiger partial charge in [0.15, 0.2) is 5.82 Å². The number of nitrogens with two attached hydrogens (primary N) is 1. The molecule has 14 heteroatoms. The van der Waals surface area contributed by atoms with Crippen molar-refractivity contribution in [1.29, 1.82) is 5.26 Å². The molecule has 1 unspecified atom stereocenters. The monoisotopic (exact) mass is 697 g/mol. The molecule has 5 atom stereocenters. The topological polar surface area (TPSA) is 115 Å². The van der Waals surface area contributed by atoms with Crippen molar-refractivity contribution in [3.63, 3.8) is 0 Å². The number of anilines is 2. The van der Waals surface area contributed by atoms with Crippen molar-refractivity contribution < 1.29 is 23.0 Å². The van der Waals surface area contributed by atoms with E-state index in [0.29, 0.717) is 37.1 Å². The van der Waals surface area contributed by atoms with Crippen LogP contribution in [0.25, 0.3) is 32.1 Å². The van der Waals surface area contributed by atoms with Crippen molar-refractivity contribution in [1.82, 2.24) is 19.8 Å². The van der Waals surface area contributed by atoms with Crippen LogP contribution in [0.4, 0.5) is 24.0 Å². The molecule has 0 radical (unpaired) electrons. The number of fused-ring (bicyclic) bond motifs is 3. The Bertz CT molecular complexity index is 1990. The van der Waals surface area contributed by atoms with Gasteiger partial charge in [0.05, 0.1) is 20.8 Å². The number of aliphatic hydroxyl groups excluding tert-OH is 1. The van der Waals surface area contributed by atoms with E-state index in [9.17, 15) is 19.1 Å². The quantitative estimate of drug-likeness (QED) is 0.206. The minimum absolute atomic E-state index is 0.0112. The number of halogens is 4. The Labute approximate surface area is 285 Å². The summed E-state index contributed by atoms with van der Waals surface area (Å²) in [7, 11) is 1.84. The number of alkyl halides is 1. The van der Waals surface area contributed by atoms with Gasteiger partial charge in [-0.05, 0) is 56.5 Å². The second-order valence-electron chi connectivity index (χ2n) is 13.0. The summed E-state index contributed by atoms with van der Waals surface area (Å²) in [6.07, 6.45) is 2.41. The fourth-order valence-electron chi connectivity index (χ4n) is 8.03. The first-order chi connectivity index (χ1) is 23.0. The number of aliphatic hydroxyl groups is 1. The lowest BCUT2D eigenvalue weighted by Gasteiger charge is -2.34. The number of rotatable bonds is 8. The normalized spacial score (nSPS) is 25.1. The molecule has 2 aromatic carbocycles. The summed E-state index contributed by atoms with van der Waals surface area (Å²) < 4.78 is 52.8. The van der Waals surface area contributed by atoms with Crippen molar-refractivity contribution in [3.8, 4) is 23.2 Å². The first-order valence-corrected chi connectivity index (χ1v) is 17.1. The van der Waals surface area contributed by atoms with Crippen LogP contribution in [0.1, 0.15) is 38.2 Å². The molecule has 9 nitrogen and oxygen atoms in total. The average molecular weight is 698 g/mol. The van der Waals surface area contributed by atoms with Gasteiger partial charge < -0.3 is 20.5 Å². The number of ether oxygens (including phenoxy) is 1. The highest BCUT2D eigenvalue weighted by Gasteiger charge is 2.49. The predicted octanol–water partition coefficient (Wildman–Crippen LogP) is 6.26. The van der Waals surface area contributed by atoms with E-state index >= 15 is 4.39 Å². The molecular weight excluding hydrogens is 663 g/mol. The number of likely N-dealkylation sites (tertiary alicyclic amines) is 1. The predicted molar refractivity (Wildman–Crippen MR) is 182 cm³/mol. The molecule has 3 aliphatic rings. The van der Waals surface area contributed by atoms with Gasteiger partial charge in [0.25, 0.3) is 0 Å². The highest BCUT2D eigenvalue weighted by molar-refractivity contribution is 7.23. The molecule has 3 fully saturated rings. The number of thiophene rings is 1. The zero-order chi connectivity index (χ0) is 34.1. The Morgan fingerprint density at radius 3 is 2.90 bits per heavy atom. The molecule has 0 saturated carbocycles. The number of hydrogen-bond donors (Lipinski definition) is 2. The second-order valence-corrected chi connectivity index (χ2v) is 14.4. The molecule has 3 N–H and O–H groups in total. The van der Waals surface area contributed by atoms with Crippen LogP contribution < -0.4 is 15.4 Å². The van der Waals surface area contributed by atoms with Gasteiger partial charge in [0.2, 0.25) is 0 Å². The molecule has 0 aliphatic carbocycles. The number of nitriles is 1. The second kappa shape index (κ2) is 12.3. The highest BCUT2D eigenvalue weighted by Crippen LogP contribution is 2.46. The Morgan fingerprint density at radius 1 is 1.35 bits per heavy atom. The third kappa shape index (κ3) is 5.16. The largest absolute Gasteiger partial charge is 0.461 e. The standard InChI is InChI=1S/C34H35ClF3N7O2S/c1-4-25(46)45-11-8-24(17(45)2)43(3)32-20-12-22(35)27(19-6-7-23(37)30-26(19)21(14-39)31(40)48-30)28(38)29(20)41-33(42-32)47-16-34-9-5-10-44(34)15-18(36)13-34/h4,6-7,12,17-18,24-25,46H,1,5,8-11,13,15-16,40H2,2-3H3/t17-,18+,24+,25?,34-/m0/s1. The van der Waals surface area contributed by atoms with E-state index in [0.717, 1.165) is 30.7 Å². The molecule has 7 rings (SSSR count). The fraction of sp³-hybridized carbons (Fsp3) is 0.441. The maximum absolute atomic E-state index is 17.0. The zero-order valence-electron chi connectivity index (χ0n) is 26.5. The third-order valence-corrected chi connectivity index (χ3v) is 11.7. The van der Waals surface area contributed by atoms with Crippen molar-refractivity contribution in [2.45, 2.75) is 62.6 Å². The maximum Gasteiger partial charge on any atom is 0.319 e. The van der Waals surface area contributed by atoms with Crippen LogP contribution >= 0.6 is 22.9 Å². The molecule has 5 heterocycles. The van der Waals surface area contributed by atoms with Crippen LogP contribution in [0.15, 0.2) is 30.9 Å². The number of likely N-dealkylation sites (N-methyl/N-ethyl adjacent to an activating group) is 1. The number of nitrogens with zero attached hydrogens (tertiary/aromatic N) is 6. The van der Waals surface area contributed by atoms with E-state index in [1.807, 2.05) is 29.8 Å². The molecule has 0 spiro atoms. The molecule has 0 bridgehead atoms. The van der Waals surface area contributed by atoms with Crippen LogP contribution in [0, 0.1) is 23.0 Å². The van der Waals surface area contributed by atoms with Gasteiger partial charge >= 0.3 is 6.01 Å². The molecule has 4 aromatic rings. The summed E-state index contributed by atoms with van der Waals surface area (Å²) in [4.78, 5) is 15.3. The molecule has 48 heavy (non-hydrogen) atoms. The SMILES string of the molecule is C=CC(O)N1CC[C@@H](N(C)c2nc(OC[C@@]34CCCN3C[C@H](F)C4)nc3c(F)c(-c4ccc(F)c5sc(N)c(C#N)c45)c(Cl)cc23)[C@@H]1C. The van der Waals surface area contributed by atoms with Crippen LogP contribution in [0.2, 0.25) is 5.02 Å². The lowest BCUT2D eigenvalue weighted by atomic mass is 9.95. The number of benzene rings is 2. The number of aromatic nitrogens is 2. The first kappa shape index (κ1) is 32.9. The fourth-order valence-corrected chi connectivity index (χ4v) is 9.27. The van der Waals surface area contributed by atoms with E-state index in [-0.39, 0.29) is 67.0 Å². The lowest BCUT2D eigenvalue weighted by molar-refractivity contribution is 0.0352. The lowest BCUT2D eigenvalue weighted by Crippen LogP contribution is -2.45. The Balaban J connectivity index is 1.38. The van der Waals surface area contributed by atoms with Crippen molar-refractivity contribution in [3.05, 3.63) is 53.1 Å². The molecule has 252 valence electrons. The summed E-state index contributed by atoms with van der Waals surface area (Å²) in [6, 6.07) is 5.84. The van der Waals surface area contributed by atoms with Gasteiger partial charge in [-0.25, -0.2) is 13.2 Å². The van der Waals surface area contributed by atoms with Gasteiger partial charge in [-0.3, -0.25) is 9.80 Å². The van der Waals surface area contributed by atoms with Crippen LogP contribution in [0.3, 0.4) is 0 Å².